The molecule has 1 aromatic heterocycles. The molecule has 0 amide bonds. The van der Waals surface area contributed by atoms with Crippen molar-refractivity contribution in [1.29, 1.82) is 0 Å². The minimum atomic E-state index is -8.13. The van der Waals surface area contributed by atoms with E-state index >= 15 is 0 Å². The summed E-state index contributed by atoms with van der Waals surface area (Å²) in [6, 6.07) is 3.05. The van der Waals surface area contributed by atoms with Crippen LogP contribution >= 0.6 is 0 Å². The van der Waals surface area contributed by atoms with Gasteiger partial charge in [0.1, 0.15) is 13.2 Å². The van der Waals surface area contributed by atoms with Crippen molar-refractivity contribution in [2.45, 2.75) is 84.4 Å². The predicted molar refractivity (Wildman–Crippen MR) is 172 cm³/mol. The molecule has 0 spiro atoms. The van der Waals surface area contributed by atoms with E-state index in [9.17, 15) is 114 Å². The lowest BCUT2D eigenvalue weighted by Gasteiger charge is -2.39. The quantitative estimate of drug-likeness (QED) is 0.0622. The lowest BCUT2D eigenvalue weighted by atomic mass is 9.93. The van der Waals surface area contributed by atoms with Gasteiger partial charge in [-0.15, -0.1) is 0 Å². The number of ether oxygens (including phenoxy) is 4. The summed E-state index contributed by atoms with van der Waals surface area (Å²) in [5, 5.41) is 7.73. The average molecular weight is 1040 g/mol. The van der Waals surface area contributed by atoms with Gasteiger partial charge in [0.05, 0.1) is 26.4 Å². The van der Waals surface area contributed by atoms with Gasteiger partial charge in [-0.2, -0.15) is 129 Å². The van der Waals surface area contributed by atoms with Crippen molar-refractivity contribution in [3.63, 3.8) is 0 Å². The van der Waals surface area contributed by atoms with Crippen molar-refractivity contribution in [3.8, 4) is 11.5 Å². The summed E-state index contributed by atoms with van der Waals surface area (Å²) in [5.74, 6) is -77.6. The molecule has 0 unspecified atom stereocenters. The molecule has 0 bridgehead atoms. The standard InChI is InChI=1S/C31H28F26N6O4/c1-58-17-61-18(59-2)63-19(62-17)60-14-3-4-15(66-11-9-64-7-5-20(32,33)22(36,37)24(40,41)26(44,45)28(48,49)30(52,53)54)16(13-14)67-12-10-65-8-6-21(34,35)23(38,39)25(42,43)27(46,47)29(50,51)31(55,56)57/h3-4,13H,5-12H2,1-2H3,(H3,58,59,60,61,62,63). The average Bonchev–Trinajstić information content (AvgIpc) is 3.19. The van der Waals surface area contributed by atoms with Crippen molar-refractivity contribution in [3.05, 3.63) is 18.2 Å². The Morgan fingerprint density at radius 2 is 0.716 bits per heavy atom. The van der Waals surface area contributed by atoms with Crippen LogP contribution in [0, 0.1) is 0 Å². The first kappa shape index (κ1) is 58.5. The molecule has 36 heteroatoms. The van der Waals surface area contributed by atoms with Gasteiger partial charge in [0.2, 0.25) is 17.8 Å². The molecule has 0 saturated carbocycles. The number of halogens is 26. The zero-order chi connectivity index (χ0) is 52.3. The molecule has 0 saturated heterocycles. The summed E-state index contributed by atoms with van der Waals surface area (Å²) >= 11 is 0. The number of hydrogen-bond donors (Lipinski definition) is 3. The molecule has 0 radical (unpaired) electrons. The Kier molecular flexibility index (Phi) is 17.2. The van der Waals surface area contributed by atoms with Crippen LogP contribution in [0.4, 0.5) is 138 Å². The molecule has 0 aliphatic rings. The van der Waals surface area contributed by atoms with E-state index in [1.165, 1.54) is 14.1 Å². The molecule has 0 aliphatic heterocycles. The van der Waals surface area contributed by atoms with Crippen molar-refractivity contribution in [2.24, 2.45) is 0 Å². The van der Waals surface area contributed by atoms with Gasteiger partial charge in [0, 0.05) is 38.7 Å². The molecular weight excluding hydrogens is 1010 g/mol. The fraction of sp³-hybridized carbons (Fsp3) is 0.710. The van der Waals surface area contributed by atoms with Crippen molar-refractivity contribution >= 4 is 23.5 Å². The summed E-state index contributed by atoms with van der Waals surface area (Å²) < 4.78 is 366. The summed E-state index contributed by atoms with van der Waals surface area (Å²) in [6.07, 6.45) is -20.7. The second-order valence-electron chi connectivity index (χ2n) is 13.0. The first-order valence-corrected chi connectivity index (χ1v) is 17.3. The Morgan fingerprint density at radius 3 is 1.06 bits per heavy atom. The predicted octanol–water partition coefficient (Wildman–Crippen LogP) is 10.7. The van der Waals surface area contributed by atoms with E-state index in [2.05, 4.69) is 40.4 Å². The molecule has 1 heterocycles. The largest absolute Gasteiger partial charge is 0.487 e. The molecule has 0 atom stereocenters. The van der Waals surface area contributed by atoms with Crippen LogP contribution in [0.2, 0.25) is 0 Å². The minimum absolute atomic E-state index is 0.0356. The summed E-state index contributed by atoms with van der Waals surface area (Å²) in [6.45, 7) is -7.63. The SMILES string of the molecule is CNc1nc(NC)nc(Nc2ccc(OCCOCCC(F)(F)C(F)(F)C(F)(F)C(F)(F)C(F)(F)C(F)(F)F)c(OCCOCCC(F)(F)C(F)(F)C(F)(F)C(F)(F)C(F)(F)C(F)(F)F)c2)n1. The van der Waals surface area contributed by atoms with Gasteiger partial charge in [-0.1, -0.05) is 0 Å². The number of hydrogen-bond acceptors (Lipinski definition) is 10. The number of benzene rings is 1. The van der Waals surface area contributed by atoms with Crippen molar-refractivity contribution in [2.75, 3.05) is 69.7 Å². The Hall–Kier alpha value is -4.67. The van der Waals surface area contributed by atoms with E-state index in [4.69, 9.17) is 9.47 Å². The van der Waals surface area contributed by atoms with Gasteiger partial charge in [-0.25, -0.2) is 0 Å². The zero-order valence-electron chi connectivity index (χ0n) is 32.7. The van der Waals surface area contributed by atoms with Crippen LogP contribution in [-0.4, -0.2) is 140 Å². The van der Waals surface area contributed by atoms with Gasteiger partial charge in [0.15, 0.2) is 11.5 Å². The monoisotopic (exact) mass is 1040 g/mol. The van der Waals surface area contributed by atoms with Crippen LogP contribution in [0.15, 0.2) is 18.2 Å². The van der Waals surface area contributed by atoms with Crippen LogP contribution in [0.3, 0.4) is 0 Å². The highest BCUT2D eigenvalue weighted by Gasteiger charge is 2.92. The molecule has 2 aromatic rings. The molecule has 10 nitrogen and oxygen atoms in total. The Balaban J connectivity index is 2.20. The third-order valence-corrected chi connectivity index (χ3v) is 8.37. The first-order valence-electron chi connectivity index (χ1n) is 17.3. The summed E-state index contributed by atoms with van der Waals surface area (Å²) in [4.78, 5) is 11.8. The fourth-order valence-electron chi connectivity index (χ4n) is 4.55. The third-order valence-electron chi connectivity index (χ3n) is 8.37. The Labute approximate surface area is 356 Å². The fourth-order valence-corrected chi connectivity index (χ4v) is 4.55. The van der Waals surface area contributed by atoms with Crippen LogP contribution in [-0.2, 0) is 9.47 Å². The second-order valence-corrected chi connectivity index (χ2v) is 13.0. The Bertz CT molecular complexity index is 1930. The normalized spacial score (nSPS) is 14.6. The summed E-state index contributed by atoms with van der Waals surface area (Å²) in [7, 11) is 2.77. The van der Waals surface area contributed by atoms with Crippen molar-refractivity contribution < 1.29 is 133 Å². The maximum atomic E-state index is 14.1. The number of nitrogens with zero attached hydrogens (tertiary/aromatic N) is 3. The van der Waals surface area contributed by atoms with Gasteiger partial charge >= 0.3 is 71.6 Å². The van der Waals surface area contributed by atoms with E-state index in [1.54, 1.807) is 0 Å². The van der Waals surface area contributed by atoms with E-state index in [0.717, 1.165) is 18.2 Å². The van der Waals surface area contributed by atoms with E-state index in [-0.39, 0.29) is 23.5 Å². The third kappa shape index (κ3) is 11.3. The highest BCUT2D eigenvalue weighted by atomic mass is 19.4. The molecule has 3 N–H and O–H groups in total. The number of alkyl halides is 26. The van der Waals surface area contributed by atoms with E-state index in [0.29, 0.717) is 0 Å². The molecule has 388 valence electrons. The summed E-state index contributed by atoms with van der Waals surface area (Å²) in [5.41, 5.74) is -0.0657. The maximum absolute atomic E-state index is 14.1. The molecule has 0 aliphatic carbocycles. The maximum Gasteiger partial charge on any atom is 0.460 e. The van der Waals surface area contributed by atoms with Gasteiger partial charge in [0.25, 0.3) is 0 Å². The lowest BCUT2D eigenvalue weighted by Crippen LogP contribution is -2.70. The number of rotatable bonds is 26. The van der Waals surface area contributed by atoms with Gasteiger partial charge in [-0.05, 0) is 12.1 Å². The number of anilines is 4. The first-order chi connectivity index (χ1) is 30.0. The molecule has 1 aromatic carbocycles. The lowest BCUT2D eigenvalue weighted by molar-refractivity contribution is -0.440. The topological polar surface area (TPSA) is 112 Å². The molecule has 2 rings (SSSR count). The van der Waals surface area contributed by atoms with Gasteiger partial charge < -0.3 is 34.9 Å². The number of nitrogens with one attached hydrogen (secondary N) is 3. The van der Waals surface area contributed by atoms with Crippen LogP contribution in [0.1, 0.15) is 12.8 Å². The van der Waals surface area contributed by atoms with Crippen LogP contribution in [0.5, 0.6) is 11.5 Å². The zero-order valence-corrected chi connectivity index (χ0v) is 32.7. The van der Waals surface area contributed by atoms with Crippen molar-refractivity contribution in [1.82, 2.24) is 15.0 Å². The Morgan fingerprint density at radius 1 is 0.388 bits per heavy atom. The highest BCUT2D eigenvalue weighted by molar-refractivity contribution is 5.61. The molecule has 67 heavy (non-hydrogen) atoms. The number of aromatic nitrogens is 3. The highest BCUT2D eigenvalue weighted by Crippen LogP contribution is 2.62. The second kappa shape index (κ2) is 19.7. The van der Waals surface area contributed by atoms with E-state index < -0.39 is 136 Å². The van der Waals surface area contributed by atoms with Gasteiger partial charge in [-0.3, -0.25) is 0 Å². The molecular formula is C31H28F26N6O4. The van der Waals surface area contributed by atoms with Crippen LogP contribution in [0.25, 0.3) is 0 Å². The molecule has 0 fully saturated rings. The smallest absolute Gasteiger partial charge is 0.460 e. The minimum Gasteiger partial charge on any atom is -0.487 e. The van der Waals surface area contributed by atoms with E-state index in [1.807, 2.05) is 0 Å². The van der Waals surface area contributed by atoms with Crippen LogP contribution < -0.4 is 25.4 Å².